The van der Waals surface area contributed by atoms with E-state index in [9.17, 15) is 19.5 Å². The third kappa shape index (κ3) is 2.79. The minimum atomic E-state index is -1.17. The molecule has 2 aliphatic rings. The van der Waals surface area contributed by atoms with E-state index in [-0.39, 0.29) is 18.1 Å². The van der Waals surface area contributed by atoms with E-state index in [1.807, 2.05) is 13.8 Å². The molecule has 7 nitrogen and oxygen atoms in total. The monoisotopic (exact) mass is 369 g/mol. The van der Waals surface area contributed by atoms with E-state index in [1.54, 1.807) is 24.3 Å². The van der Waals surface area contributed by atoms with Crippen LogP contribution in [-0.4, -0.2) is 35.4 Å². The van der Waals surface area contributed by atoms with Gasteiger partial charge in [0.05, 0.1) is 17.8 Å². The van der Waals surface area contributed by atoms with E-state index in [0.717, 1.165) is 0 Å². The van der Waals surface area contributed by atoms with Gasteiger partial charge in [-0.1, -0.05) is 26.0 Å². The van der Waals surface area contributed by atoms with Crippen molar-refractivity contribution in [2.75, 3.05) is 11.4 Å². The first-order valence-corrected chi connectivity index (χ1v) is 8.76. The molecular weight excluding hydrogens is 350 g/mol. The highest BCUT2D eigenvalue weighted by atomic mass is 16.5. The number of fused-ring (bicyclic) bond motifs is 2. The Bertz CT molecular complexity index is 957. The van der Waals surface area contributed by atoms with Gasteiger partial charge in [-0.3, -0.25) is 14.5 Å². The van der Waals surface area contributed by atoms with Gasteiger partial charge in [-0.2, -0.15) is 0 Å². The molecule has 0 spiro atoms. The maximum atomic E-state index is 13.1. The van der Waals surface area contributed by atoms with Crippen molar-refractivity contribution in [2.24, 2.45) is 5.41 Å². The number of aryl methyl sites for hydroxylation is 1. The van der Waals surface area contributed by atoms with Crippen LogP contribution < -0.4 is 9.64 Å². The molecule has 1 N–H and O–H groups in total. The number of benzene rings is 1. The summed E-state index contributed by atoms with van der Waals surface area (Å²) in [5.74, 6) is -0.823. The van der Waals surface area contributed by atoms with Gasteiger partial charge < -0.3 is 14.3 Å². The van der Waals surface area contributed by atoms with Gasteiger partial charge in [0.25, 0.3) is 5.91 Å². The molecule has 2 heterocycles. The minimum absolute atomic E-state index is 0.0342. The molecule has 1 aromatic carbocycles. The Morgan fingerprint density at radius 3 is 2.74 bits per heavy atom. The molecule has 0 saturated carbocycles. The molecule has 1 amide bonds. The summed E-state index contributed by atoms with van der Waals surface area (Å²) in [5.41, 5.74) is 0.420. The Morgan fingerprint density at radius 2 is 2.00 bits per heavy atom. The van der Waals surface area contributed by atoms with Crippen molar-refractivity contribution in [1.82, 2.24) is 0 Å². The van der Waals surface area contributed by atoms with Crippen LogP contribution in [0.5, 0.6) is 5.75 Å². The predicted molar refractivity (Wildman–Crippen MR) is 95.3 cm³/mol. The molecule has 0 fully saturated rings. The standard InChI is InChI=1S/C20H19NO6/c1-20(2)8-7-13-11(17(20)22)9-15(26-13)18(23)21-10-16(19(24)25)27-14-6-4-3-5-12(14)21/h3-6,9,16H,7-8,10H2,1-2H3,(H,24,25). The Kier molecular flexibility index (Phi) is 3.83. The quantitative estimate of drug-likeness (QED) is 0.874. The lowest BCUT2D eigenvalue weighted by atomic mass is 9.75. The highest BCUT2D eigenvalue weighted by Gasteiger charge is 2.39. The second-order valence-electron chi connectivity index (χ2n) is 7.49. The summed E-state index contributed by atoms with van der Waals surface area (Å²) in [4.78, 5) is 38.4. The lowest BCUT2D eigenvalue weighted by molar-refractivity contribution is -0.144. The molecule has 1 atom stereocenters. The number of furan rings is 1. The van der Waals surface area contributed by atoms with Crippen molar-refractivity contribution in [2.45, 2.75) is 32.8 Å². The SMILES string of the molecule is CC1(C)CCc2oc(C(=O)N3CC(C(=O)O)Oc4ccccc43)cc2C1=O. The zero-order valence-electron chi connectivity index (χ0n) is 15.0. The van der Waals surface area contributed by atoms with Crippen molar-refractivity contribution in [3.05, 3.63) is 47.4 Å². The third-order valence-corrected chi connectivity index (χ3v) is 5.15. The normalized spacial score (nSPS) is 20.4. The largest absolute Gasteiger partial charge is 0.478 e. The lowest BCUT2D eigenvalue weighted by Crippen LogP contribution is -2.47. The molecule has 1 unspecified atom stereocenters. The fourth-order valence-electron chi connectivity index (χ4n) is 3.50. The molecule has 1 aliphatic heterocycles. The summed E-state index contributed by atoms with van der Waals surface area (Å²) in [5, 5.41) is 9.33. The number of nitrogens with zero attached hydrogens (tertiary/aromatic N) is 1. The van der Waals surface area contributed by atoms with E-state index in [4.69, 9.17) is 9.15 Å². The van der Waals surface area contributed by atoms with Crippen LogP contribution in [0.2, 0.25) is 0 Å². The Hall–Kier alpha value is -3.09. The number of carboxylic acids is 1. The molecule has 7 heteroatoms. The van der Waals surface area contributed by atoms with Gasteiger partial charge in [0.15, 0.2) is 11.5 Å². The zero-order chi connectivity index (χ0) is 19.3. The van der Waals surface area contributed by atoms with Gasteiger partial charge in [0.2, 0.25) is 6.10 Å². The Labute approximate surface area is 155 Å². The van der Waals surface area contributed by atoms with E-state index >= 15 is 0 Å². The highest BCUT2D eigenvalue weighted by Crippen LogP contribution is 2.38. The van der Waals surface area contributed by atoms with E-state index in [0.29, 0.717) is 35.6 Å². The average molecular weight is 369 g/mol. The van der Waals surface area contributed by atoms with Gasteiger partial charge >= 0.3 is 5.97 Å². The molecule has 4 rings (SSSR count). The summed E-state index contributed by atoms with van der Waals surface area (Å²) >= 11 is 0. The molecule has 27 heavy (non-hydrogen) atoms. The van der Waals surface area contributed by atoms with Crippen molar-refractivity contribution < 1.29 is 28.6 Å². The number of hydrogen-bond acceptors (Lipinski definition) is 5. The van der Waals surface area contributed by atoms with Gasteiger partial charge in [-0.25, -0.2) is 4.79 Å². The molecule has 0 radical (unpaired) electrons. The number of carbonyl (C=O) groups is 3. The van der Waals surface area contributed by atoms with Crippen LogP contribution in [0.4, 0.5) is 5.69 Å². The Balaban J connectivity index is 1.71. The summed E-state index contributed by atoms with van der Waals surface area (Å²) in [7, 11) is 0. The van der Waals surface area contributed by atoms with Crippen LogP contribution in [0.3, 0.4) is 0 Å². The van der Waals surface area contributed by atoms with Crippen LogP contribution in [0.1, 0.15) is 46.9 Å². The number of Topliss-reactive ketones (excluding diaryl/α,β-unsaturated/α-hetero) is 1. The maximum Gasteiger partial charge on any atom is 0.346 e. The van der Waals surface area contributed by atoms with E-state index in [2.05, 4.69) is 0 Å². The summed E-state index contributed by atoms with van der Waals surface area (Å²) in [6, 6.07) is 8.22. The van der Waals surface area contributed by atoms with Crippen LogP contribution in [0.15, 0.2) is 34.7 Å². The van der Waals surface area contributed by atoms with Gasteiger partial charge in [0.1, 0.15) is 11.5 Å². The van der Waals surface area contributed by atoms with Gasteiger partial charge in [-0.15, -0.1) is 0 Å². The zero-order valence-corrected chi connectivity index (χ0v) is 15.0. The number of carboxylic acid groups (broad SMARTS) is 1. The average Bonchev–Trinajstić information content (AvgIpc) is 3.08. The first-order chi connectivity index (χ1) is 12.8. The first kappa shape index (κ1) is 17.3. The third-order valence-electron chi connectivity index (χ3n) is 5.15. The molecule has 1 aromatic heterocycles. The number of rotatable bonds is 2. The van der Waals surface area contributed by atoms with Crippen molar-refractivity contribution in [3.8, 4) is 5.75 Å². The van der Waals surface area contributed by atoms with Crippen molar-refractivity contribution in [1.29, 1.82) is 0 Å². The number of anilines is 1. The first-order valence-electron chi connectivity index (χ1n) is 8.76. The summed E-state index contributed by atoms with van der Waals surface area (Å²) < 4.78 is 11.2. The number of para-hydroxylation sites is 2. The molecule has 0 bridgehead atoms. The van der Waals surface area contributed by atoms with Crippen molar-refractivity contribution in [3.63, 3.8) is 0 Å². The summed E-state index contributed by atoms with van der Waals surface area (Å²) in [6.07, 6.45) is 0.0641. The van der Waals surface area contributed by atoms with E-state index < -0.39 is 23.4 Å². The van der Waals surface area contributed by atoms with E-state index in [1.165, 1.54) is 11.0 Å². The highest BCUT2D eigenvalue weighted by molar-refractivity contribution is 6.09. The summed E-state index contributed by atoms with van der Waals surface area (Å²) in [6.45, 7) is 3.61. The van der Waals surface area contributed by atoms with Gasteiger partial charge in [0, 0.05) is 17.9 Å². The number of hydrogen-bond donors (Lipinski definition) is 1. The molecule has 0 saturated heterocycles. The fourth-order valence-corrected chi connectivity index (χ4v) is 3.50. The molecule has 2 aromatic rings. The number of aliphatic carboxylic acids is 1. The van der Waals surface area contributed by atoms with Crippen LogP contribution in [0.25, 0.3) is 0 Å². The molecular formula is C20H19NO6. The lowest BCUT2D eigenvalue weighted by Gasteiger charge is -2.32. The Morgan fingerprint density at radius 1 is 1.26 bits per heavy atom. The fraction of sp³-hybridized carbons (Fsp3) is 0.350. The second-order valence-corrected chi connectivity index (χ2v) is 7.49. The smallest absolute Gasteiger partial charge is 0.346 e. The maximum absolute atomic E-state index is 13.1. The van der Waals surface area contributed by atoms with Crippen molar-refractivity contribution >= 4 is 23.3 Å². The second kappa shape index (κ2) is 5.97. The van der Waals surface area contributed by atoms with Gasteiger partial charge in [-0.05, 0) is 18.6 Å². The number of carbonyl (C=O) groups excluding carboxylic acids is 2. The number of ether oxygens (including phenoxy) is 1. The number of ketones is 1. The topological polar surface area (TPSA) is 97.1 Å². The number of amides is 1. The molecule has 140 valence electrons. The predicted octanol–water partition coefficient (Wildman–Crippen LogP) is 2.93. The molecule has 1 aliphatic carbocycles. The minimum Gasteiger partial charge on any atom is -0.478 e. The van der Waals surface area contributed by atoms with Crippen LogP contribution >= 0.6 is 0 Å². The van der Waals surface area contributed by atoms with Crippen LogP contribution in [-0.2, 0) is 11.2 Å². The van der Waals surface area contributed by atoms with Crippen LogP contribution in [0, 0.1) is 5.41 Å².